The maximum absolute atomic E-state index is 18.4. The summed E-state index contributed by atoms with van der Waals surface area (Å²) < 4.78 is 72.9. The van der Waals surface area contributed by atoms with Crippen molar-refractivity contribution < 1.29 is 115 Å². The summed E-state index contributed by atoms with van der Waals surface area (Å²) in [6.45, 7) is 27.3. The first-order valence-electron chi connectivity index (χ1n) is 46.0. The number of amides is 3. The number of ether oxygens (including phenoxy) is 6. The van der Waals surface area contributed by atoms with E-state index in [-0.39, 0.29) is 60.2 Å². The molecule has 6 atom stereocenters. The molecule has 136 heavy (non-hydrogen) atoms. The van der Waals surface area contributed by atoms with E-state index in [2.05, 4.69) is 89.2 Å². The van der Waals surface area contributed by atoms with Crippen LogP contribution in [0.3, 0.4) is 0 Å². The lowest BCUT2D eigenvalue weighted by molar-refractivity contribution is -0.140. The zero-order valence-corrected chi connectivity index (χ0v) is 80.0. The van der Waals surface area contributed by atoms with Gasteiger partial charge in [-0.15, -0.1) is 0 Å². The van der Waals surface area contributed by atoms with Crippen molar-refractivity contribution in [3.8, 4) is 34.5 Å². The summed E-state index contributed by atoms with van der Waals surface area (Å²) in [5.41, 5.74) is 2.61. The second kappa shape index (κ2) is 31.5. The molecule has 0 bridgehead atoms. The molecule has 27 nitrogen and oxygen atoms in total. The predicted octanol–water partition coefficient (Wildman–Crippen LogP) is 16.0. The van der Waals surface area contributed by atoms with Gasteiger partial charge in [0.05, 0.1) is 5.75 Å². The predicted molar refractivity (Wildman–Crippen MR) is 505 cm³/mol. The number of carbonyl (C=O) groups excluding carboxylic acids is 3. The first kappa shape index (κ1) is 93.3. The van der Waals surface area contributed by atoms with E-state index in [0.717, 1.165) is 55.6 Å². The first-order valence-corrected chi connectivity index (χ1v) is 47.6. The number of carboxylic acid groups (broad SMARTS) is 6. The molecule has 6 unspecified atom stereocenters. The zero-order valence-electron chi connectivity index (χ0n) is 79.2. The molecule has 28 heteroatoms. The second-order valence-corrected chi connectivity index (χ2v) is 44.7. The Labute approximate surface area is 788 Å². The normalized spacial score (nSPS) is 23.8. The van der Waals surface area contributed by atoms with E-state index in [1.807, 2.05) is 86.6 Å². The molecule has 0 saturated carbocycles. The Morgan fingerprint density at radius 2 is 0.529 bits per heavy atom. The lowest BCUT2D eigenvalue weighted by Crippen LogP contribution is -2.47. The number of para-hydroxylation sites is 3. The van der Waals surface area contributed by atoms with Crippen LogP contribution in [-0.4, -0.2) is 162 Å². The van der Waals surface area contributed by atoms with Crippen LogP contribution in [-0.2, 0) is 118 Å². The van der Waals surface area contributed by atoms with Gasteiger partial charge < -0.3 is 73.8 Å². The maximum atomic E-state index is 18.4. The molecule has 3 heterocycles. The van der Waals surface area contributed by atoms with Gasteiger partial charge in [0.1, 0.15) is 50.7 Å². The Morgan fingerprint density at radius 3 is 0.824 bits per heavy atom. The molecule has 9 aromatic rings. The fourth-order valence-electron chi connectivity index (χ4n) is 26.5. The van der Waals surface area contributed by atoms with Gasteiger partial charge in [-0.25, -0.2) is 28.8 Å². The van der Waals surface area contributed by atoms with Gasteiger partial charge in [-0.1, -0.05) is 150 Å². The van der Waals surface area contributed by atoms with Gasteiger partial charge in [0.25, 0.3) is 10.1 Å². The van der Waals surface area contributed by atoms with Gasteiger partial charge in [-0.3, -0.25) is 18.9 Å². The average Bonchev–Trinajstić information content (AvgIpc) is 1.50. The third-order valence-electron chi connectivity index (χ3n) is 31.3. The fourth-order valence-corrected chi connectivity index (χ4v) is 26.9. The van der Waals surface area contributed by atoms with Gasteiger partial charge in [0, 0.05) is 80.8 Å². The number of carboxylic acids is 6. The van der Waals surface area contributed by atoms with E-state index in [1.54, 1.807) is 90.4 Å². The molecule has 0 fully saturated rings. The number of anilines is 3. The Morgan fingerprint density at radius 1 is 0.294 bits per heavy atom. The Balaban J connectivity index is 0.833. The Hall–Kier alpha value is -13.1. The topological polar surface area (TPSA) is 394 Å². The molecule has 0 radical (unpaired) electrons. The average molecular weight is 1870 g/mol. The minimum absolute atomic E-state index is 0.0342. The van der Waals surface area contributed by atoms with Crippen LogP contribution in [0.5, 0.6) is 34.5 Å². The molecule has 3 spiro atoms. The highest BCUT2D eigenvalue weighted by molar-refractivity contribution is 7.85. The summed E-state index contributed by atoms with van der Waals surface area (Å²) >= 11 is 0. The highest BCUT2D eigenvalue weighted by atomic mass is 32.2. The van der Waals surface area contributed by atoms with Crippen LogP contribution in [0, 0.1) is 13.8 Å². The quantitative estimate of drug-likeness (QED) is 0.0214. The number of hydrogen-bond donors (Lipinski definition) is 7. The van der Waals surface area contributed by atoms with Crippen molar-refractivity contribution in [1.82, 2.24) is 0 Å². The maximum Gasteiger partial charge on any atom is 0.341 e. The lowest BCUT2D eigenvalue weighted by Gasteiger charge is -2.36. The lowest BCUT2D eigenvalue weighted by atomic mass is 9.66. The summed E-state index contributed by atoms with van der Waals surface area (Å²) in [6.07, 6.45) is 2.65. The number of carbonyl (C=O) groups is 9. The minimum atomic E-state index is -4.43. The van der Waals surface area contributed by atoms with E-state index < -0.39 is 174 Å². The van der Waals surface area contributed by atoms with Crippen LogP contribution in [0.2, 0.25) is 0 Å². The van der Waals surface area contributed by atoms with Gasteiger partial charge >= 0.3 is 35.8 Å². The number of hydrogen-bond acceptors (Lipinski definition) is 17. The summed E-state index contributed by atoms with van der Waals surface area (Å²) in [5.74, 6) is -8.98. The molecule has 6 aliphatic carbocycles. The van der Waals surface area contributed by atoms with Crippen LogP contribution >= 0.6 is 0 Å². The van der Waals surface area contributed by atoms with Crippen molar-refractivity contribution in [2.45, 2.75) is 221 Å². The number of nitrogens with zero attached hydrogens (tertiary/aromatic N) is 3. The van der Waals surface area contributed by atoms with Crippen molar-refractivity contribution in [3.05, 3.63) is 262 Å². The smallest absolute Gasteiger partial charge is 0.341 e. The van der Waals surface area contributed by atoms with E-state index in [4.69, 9.17) is 28.4 Å². The molecule has 7 N–H and O–H groups in total. The standard InChI is InChI=1S/C108H113N3O24S/c1-58-34-63-69(40-82(58)130-46-88(112)113)105(52-97(63,3)4)54-99(7,8)65-37-76(85(42-71(65)105)133-49-91(118)119)104(16)61-25-18-21-28-80(61)110(95(104)125)31-32-111-81-29-22-19-26-62(81)108(96(111)126,77-38-67-73(44-86(77)134-50-92(120)121)106(56-101(67,11)12)53-98(5,6)64-35-59(2)83(41-70(64)106)131-47-89(114)115)78-39-68-74(45-87(78)135-51-93(122)123)107(57-102(68,13)14)55-100(9,10)66-36-75(84(43-72(66)107)132-48-90(116)117)103(15)60-24-17-20-27-79(60)109(94(103)124)30-23-33-136(127,128)129/h17-22,24-29,34-45H,23,30-33,46-57H2,1-16H3,(H,112,113)(H,114,115)(H,116,117)(H,118,119)(H,120,121)(H,122,123)(H,127,128,129). The van der Waals surface area contributed by atoms with Gasteiger partial charge in [0.2, 0.25) is 17.7 Å². The monoisotopic (exact) mass is 1870 g/mol. The van der Waals surface area contributed by atoms with Crippen LogP contribution in [0.15, 0.2) is 146 Å². The molecule has 9 aliphatic rings. The molecule has 3 amide bonds. The molecule has 710 valence electrons. The Kier molecular flexibility index (Phi) is 21.6. The van der Waals surface area contributed by atoms with Crippen molar-refractivity contribution in [2.75, 3.05) is 79.7 Å². The first-order chi connectivity index (χ1) is 63.6. The number of aryl methyl sites for hydroxylation is 2. The minimum Gasteiger partial charge on any atom is -0.482 e. The molecule has 18 rings (SSSR count). The van der Waals surface area contributed by atoms with Crippen molar-refractivity contribution in [2.24, 2.45) is 0 Å². The fraction of sp³-hybridized carbons (Fsp3) is 0.417. The zero-order chi connectivity index (χ0) is 98.0. The summed E-state index contributed by atoms with van der Waals surface area (Å²) in [4.78, 5) is 133. The van der Waals surface area contributed by atoms with Crippen molar-refractivity contribution >= 4 is 80.7 Å². The highest BCUT2D eigenvalue weighted by Gasteiger charge is 2.66. The van der Waals surface area contributed by atoms with E-state index >= 15 is 14.4 Å². The number of benzene rings is 9. The number of aliphatic carboxylic acids is 6. The summed E-state index contributed by atoms with van der Waals surface area (Å²) in [5, 5.41) is 63.0. The largest absolute Gasteiger partial charge is 0.482 e. The molecular weight excluding hydrogens is 1760 g/mol. The van der Waals surface area contributed by atoms with E-state index in [9.17, 15) is 72.4 Å². The van der Waals surface area contributed by atoms with E-state index in [1.165, 1.54) is 4.90 Å². The van der Waals surface area contributed by atoms with Crippen LogP contribution in [0.25, 0.3) is 0 Å². The second-order valence-electron chi connectivity index (χ2n) is 43.2. The number of rotatable bonds is 29. The van der Waals surface area contributed by atoms with Gasteiger partial charge in [-0.05, 0) is 273 Å². The molecule has 3 aliphatic heterocycles. The Bertz CT molecular complexity index is 6880. The third-order valence-corrected chi connectivity index (χ3v) is 32.1. The molecule has 0 aromatic heterocycles. The summed E-state index contributed by atoms with van der Waals surface area (Å²) in [6, 6.07) is 44.4. The van der Waals surface area contributed by atoms with Crippen LogP contribution in [0.4, 0.5) is 17.1 Å². The third kappa shape index (κ3) is 14.2. The highest BCUT2D eigenvalue weighted by Crippen LogP contribution is 2.71. The van der Waals surface area contributed by atoms with Crippen molar-refractivity contribution in [1.29, 1.82) is 0 Å². The molecule has 0 saturated heterocycles. The number of fused-ring (bicyclic) bond motifs is 15. The van der Waals surface area contributed by atoms with E-state index in [0.29, 0.717) is 117 Å². The van der Waals surface area contributed by atoms with Crippen LogP contribution < -0.4 is 43.1 Å². The SMILES string of the molecule is Cc1cc2c(cc1OCC(=O)O)C1(CC2(C)C)CC(C)(C)c2cc(C3(C)C(=O)N(CCN4C(=O)C(c5cc6c(cc5OCC(=O)O)C5(CC(C)(C)c7cc(C)c(OCC(=O)O)cc75)CC6(C)C)(c5cc6c(cc5OCC(=O)O)C5(CC(C)(C)c7cc(C8(C)C(=O)N(CCCS(=O)(=O)O)c9ccccc98)c(OCC(=O)O)cc75)CC6(C)C)c5ccccc54)c4ccccc43)c(OCC(=O)O)cc21. The van der Waals surface area contributed by atoms with Crippen molar-refractivity contribution in [3.63, 3.8) is 0 Å². The molecule has 9 aromatic carbocycles. The molecular formula is C108H113N3O24S. The van der Waals surface area contributed by atoms with Crippen LogP contribution in [0.1, 0.15) is 259 Å². The van der Waals surface area contributed by atoms with Gasteiger partial charge in [-0.2, -0.15) is 8.42 Å². The summed E-state index contributed by atoms with van der Waals surface area (Å²) in [7, 11) is -4.43. The van der Waals surface area contributed by atoms with Gasteiger partial charge in [0.15, 0.2) is 39.6 Å².